The first kappa shape index (κ1) is 10.7. The van der Waals surface area contributed by atoms with Gasteiger partial charge in [-0.05, 0) is 32.0 Å². The first-order chi connectivity index (χ1) is 8.27. The van der Waals surface area contributed by atoms with Gasteiger partial charge >= 0.3 is 0 Å². The minimum atomic E-state index is 1.06. The van der Waals surface area contributed by atoms with Crippen molar-refractivity contribution in [3.63, 3.8) is 0 Å². The lowest BCUT2D eigenvalue weighted by molar-refractivity contribution is 1.28. The van der Waals surface area contributed by atoms with Crippen molar-refractivity contribution in [1.29, 1.82) is 0 Å². The van der Waals surface area contributed by atoms with E-state index in [1.165, 1.54) is 21.6 Å². The Morgan fingerprint density at radius 1 is 0.765 bits per heavy atom. The predicted octanol–water partition coefficient (Wildman–Crippen LogP) is 2.54. The Hall–Kier alpha value is -1.47. The molecule has 0 amide bonds. The van der Waals surface area contributed by atoms with Crippen LogP contribution in [0.1, 0.15) is 11.1 Å². The Morgan fingerprint density at radius 2 is 1.24 bits per heavy atom. The molecule has 1 aliphatic rings. The Morgan fingerprint density at radius 3 is 1.71 bits per heavy atom. The summed E-state index contributed by atoms with van der Waals surface area (Å²) >= 11 is 1.96. The SMILES string of the molecule is C=c1cccc2c1=c1c(cccc1=C)CSC2. The van der Waals surface area contributed by atoms with Gasteiger partial charge in [0.2, 0.25) is 0 Å². The molecule has 84 valence electrons. The van der Waals surface area contributed by atoms with Gasteiger partial charge in [0.05, 0.1) is 0 Å². The zero-order chi connectivity index (χ0) is 11.8. The molecule has 0 N–H and O–H groups in total. The van der Waals surface area contributed by atoms with Crippen LogP contribution in [0.25, 0.3) is 13.2 Å². The highest BCUT2D eigenvalue weighted by Gasteiger charge is 2.06. The molecule has 3 rings (SSSR count). The topological polar surface area (TPSA) is 0 Å². The minimum absolute atomic E-state index is 1.06. The third-order valence-corrected chi connectivity index (χ3v) is 4.27. The van der Waals surface area contributed by atoms with Gasteiger partial charge in [0.15, 0.2) is 0 Å². The number of benzene rings is 2. The number of rotatable bonds is 0. The summed E-state index contributed by atoms with van der Waals surface area (Å²) in [4.78, 5) is 0. The summed E-state index contributed by atoms with van der Waals surface area (Å²) in [5.74, 6) is 2.12. The summed E-state index contributed by atoms with van der Waals surface area (Å²) in [5, 5.41) is 4.83. The monoisotopic (exact) mass is 238 g/mol. The molecule has 1 aliphatic heterocycles. The Balaban J connectivity index is 2.74. The molecular weight excluding hydrogens is 224 g/mol. The number of hydrogen-bond donors (Lipinski definition) is 0. The molecule has 0 nitrogen and oxygen atoms in total. The fourth-order valence-electron chi connectivity index (χ4n) is 2.46. The van der Waals surface area contributed by atoms with Crippen LogP contribution < -0.4 is 10.4 Å². The van der Waals surface area contributed by atoms with E-state index in [2.05, 4.69) is 49.6 Å². The maximum Gasteiger partial charge on any atom is 0.0194 e. The van der Waals surface area contributed by atoms with Crippen LogP contribution in [0.5, 0.6) is 0 Å². The zero-order valence-electron chi connectivity index (χ0n) is 9.70. The predicted molar refractivity (Wildman–Crippen MR) is 75.8 cm³/mol. The van der Waals surface area contributed by atoms with E-state index >= 15 is 0 Å². The molecule has 0 bridgehead atoms. The van der Waals surface area contributed by atoms with Gasteiger partial charge in [0.25, 0.3) is 0 Å². The largest absolute Gasteiger partial charge is 0.152 e. The molecule has 2 aromatic carbocycles. The third kappa shape index (κ3) is 1.71. The molecule has 0 atom stereocenters. The molecule has 0 aromatic heterocycles. The number of thioether (sulfide) groups is 1. The van der Waals surface area contributed by atoms with Crippen molar-refractivity contribution in [2.24, 2.45) is 0 Å². The molecule has 1 heteroatoms. The van der Waals surface area contributed by atoms with Gasteiger partial charge in [-0.15, -0.1) is 0 Å². The van der Waals surface area contributed by atoms with Crippen LogP contribution in [0, 0.1) is 10.4 Å². The molecule has 0 saturated carbocycles. The van der Waals surface area contributed by atoms with Crippen molar-refractivity contribution in [2.75, 3.05) is 0 Å². The normalized spacial score (nSPS) is 13.6. The maximum atomic E-state index is 4.18. The highest BCUT2D eigenvalue weighted by Crippen LogP contribution is 2.21. The van der Waals surface area contributed by atoms with Gasteiger partial charge in [-0.3, -0.25) is 0 Å². The van der Waals surface area contributed by atoms with Gasteiger partial charge in [0, 0.05) is 11.5 Å². The van der Waals surface area contributed by atoms with Crippen LogP contribution in [-0.2, 0) is 11.5 Å². The summed E-state index contributed by atoms with van der Waals surface area (Å²) in [6.07, 6.45) is 0. The quantitative estimate of drug-likeness (QED) is 0.679. The van der Waals surface area contributed by atoms with Crippen molar-refractivity contribution in [3.8, 4) is 0 Å². The first-order valence-corrected chi connectivity index (χ1v) is 6.88. The van der Waals surface area contributed by atoms with E-state index < -0.39 is 0 Å². The fraction of sp³-hybridized carbons (Fsp3) is 0.125. The van der Waals surface area contributed by atoms with Crippen molar-refractivity contribution in [3.05, 3.63) is 68.4 Å². The Kier molecular flexibility index (Phi) is 2.56. The summed E-state index contributed by atoms with van der Waals surface area (Å²) < 4.78 is 0. The van der Waals surface area contributed by atoms with E-state index in [0.29, 0.717) is 0 Å². The van der Waals surface area contributed by atoms with Gasteiger partial charge in [0.1, 0.15) is 0 Å². The average molecular weight is 238 g/mol. The van der Waals surface area contributed by atoms with Crippen molar-refractivity contribution < 1.29 is 0 Å². The molecule has 1 heterocycles. The maximum absolute atomic E-state index is 4.18. The highest BCUT2D eigenvalue weighted by atomic mass is 32.2. The molecule has 0 saturated heterocycles. The Labute approximate surface area is 105 Å². The van der Waals surface area contributed by atoms with Gasteiger partial charge in [-0.25, -0.2) is 0 Å². The van der Waals surface area contributed by atoms with E-state index in [0.717, 1.165) is 21.9 Å². The number of fused-ring (bicyclic) bond motifs is 2. The Bertz CT molecular complexity index is 694. The molecule has 0 fully saturated rings. The molecule has 0 radical (unpaired) electrons. The molecular formula is C16H14S. The molecule has 0 aliphatic carbocycles. The van der Waals surface area contributed by atoms with Crippen molar-refractivity contribution in [2.45, 2.75) is 11.5 Å². The van der Waals surface area contributed by atoms with Crippen LogP contribution in [0.4, 0.5) is 0 Å². The summed E-state index contributed by atoms with van der Waals surface area (Å²) in [6, 6.07) is 12.8. The van der Waals surface area contributed by atoms with Crippen LogP contribution in [0.2, 0.25) is 0 Å². The van der Waals surface area contributed by atoms with E-state index in [9.17, 15) is 0 Å². The van der Waals surface area contributed by atoms with Crippen molar-refractivity contribution >= 4 is 24.9 Å². The van der Waals surface area contributed by atoms with Gasteiger partial charge in [-0.2, -0.15) is 11.8 Å². The second-order valence-corrected chi connectivity index (χ2v) is 5.38. The zero-order valence-corrected chi connectivity index (χ0v) is 10.5. The summed E-state index contributed by atoms with van der Waals surface area (Å²) in [7, 11) is 0. The van der Waals surface area contributed by atoms with Crippen LogP contribution in [-0.4, -0.2) is 0 Å². The first-order valence-electron chi connectivity index (χ1n) is 5.73. The van der Waals surface area contributed by atoms with Crippen molar-refractivity contribution in [1.82, 2.24) is 0 Å². The van der Waals surface area contributed by atoms with E-state index in [1.807, 2.05) is 11.8 Å². The van der Waals surface area contributed by atoms with Gasteiger partial charge in [-0.1, -0.05) is 49.6 Å². The van der Waals surface area contributed by atoms with Crippen LogP contribution >= 0.6 is 11.8 Å². The van der Waals surface area contributed by atoms with Gasteiger partial charge < -0.3 is 0 Å². The third-order valence-electron chi connectivity index (χ3n) is 3.24. The second-order valence-electron chi connectivity index (χ2n) is 4.40. The van der Waals surface area contributed by atoms with E-state index in [1.54, 1.807) is 0 Å². The smallest absolute Gasteiger partial charge is 0.0194 e. The van der Waals surface area contributed by atoms with E-state index in [-0.39, 0.29) is 0 Å². The standard InChI is InChI=1S/C16H14S/c1-11-5-3-7-13-9-17-10-14-8-4-6-12(2)16(14)15(11)13/h3-8H,1-2,9-10H2. The average Bonchev–Trinajstić information content (AvgIpc) is 2.50. The molecule has 0 unspecified atom stereocenters. The van der Waals surface area contributed by atoms with Crippen LogP contribution in [0.3, 0.4) is 0 Å². The lowest BCUT2D eigenvalue weighted by Gasteiger charge is -1.99. The molecule has 17 heavy (non-hydrogen) atoms. The minimum Gasteiger partial charge on any atom is -0.152 e. The number of hydrogen-bond acceptors (Lipinski definition) is 1. The van der Waals surface area contributed by atoms with Crippen LogP contribution in [0.15, 0.2) is 36.4 Å². The lowest BCUT2D eigenvalue weighted by Crippen LogP contribution is -2.10. The van der Waals surface area contributed by atoms with E-state index in [4.69, 9.17) is 0 Å². The summed E-state index contributed by atoms with van der Waals surface area (Å²) in [5.41, 5.74) is 2.77. The fourth-order valence-corrected chi connectivity index (χ4v) is 3.48. The highest BCUT2D eigenvalue weighted by molar-refractivity contribution is 7.97. The second kappa shape index (κ2) is 4.08. The lowest BCUT2D eigenvalue weighted by atomic mass is 10.0. The molecule has 2 aromatic rings. The molecule has 0 spiro atoms. The summed E-state index contributed by atoms with van der Waals surface area (Å²) in [6.45, 7) is 8.36.